The van der Waals surface area contributed by atoms with Crippen LogP contribution in [-0.2, 0) is 20.8 Å². The van der Waals surface area contributed by atoms with Gasteiger partial charge in [0.1, 0.15) is 11.1 Å². The highest BCUT2D eigenvalue weighted by Crippen LogP contribution is 2.34. The second-order valence-electron chi connectivity index (χ2n) is 10.6. The van der Waals surface area contributed by atoms with Gasteiger partial charge in [0, 0.05) is 31.8 Å². The minimum atomic E-state index is -0.232. The van der Waals surface area contributed by atoms with Crippen LogP contribution in [0.15, 0.2) is 36.4 Å². The standard InChI is InChI=1S/C29H37ClN6O4/c1-34-12-7-10-23(19-34)40-28-26(30)27(31-29(32-28)35-13-16-37-17-14-35)36-22(20-39-25-11-5-6-15-38-25)18-24(33-36)21-8-3-2-4-9-21/h2-4,8-9,18,23,25H,5-7,10-17,19-20H2,1H3. The van der Waals surface area contributed by atoms with Crippen molar-refractivity contribution >= 4 is 17.5 Å². The van der Waals surface area contributed by atoms with Crippen LogP contribution in [0.25, 0.3) is 17.1 Å². The molecule has 0 bridgehead atoms. The van der Waals surface area contributed by atoms with Gasteiger partial charge in [0.25, 0.3) is 0 Å². The number of piperidine rings is 1. The number of anilines is 1. The van der Waals surface area contributed by atoms with Gasteiger partial charge >= 0.3 is 0 Å². The third-order valence-corrected chi connectivity index (χ3v) is 7.88. The van der Waals surface area contributed by atoms with Crippen molar-refractivity contribution in [1.82, 2.24) is 24.6 Å². The average molecular weight is 569 g/mol. The maximum absolute atomic E-state index is 7.05. The van der Waals surface area contributed by atoms with Crippen molar-refractivity contribution in [1.29, 1.82) is 0 Å². The van der Waals surface area contributed by atoms with E-state index in [0.29, 0.717) is 55.6 Å². The number of likely N-dealkylation sites (tertiary alicyclic amines) is 1. The molecule has 0 N–H and O–H groups in total. The molecule has 6 rings (SSSR count). The van der Waals surface area contributed by atoms with Gasteiger partial charge in [-0.3, -0.25) is 0 Å². The van der Waals surface area contributed by atoms with E-state index in [-0.39, 0.29) is 12.4 Å². The fourth-order valence-corrected chi connectivity index (χ4v) is 5.59. The summed E-state index contributed by atoms with van der Waals surface area (Å²) in [6.07, 6.45) is 4.82. The molecule has 0 amide bonds. The Morgan fingerprint density at radius 1 is 1.00 bits per heavy atom. The lowest BCUT2D eigenvalue weighted by Gasteiger charge is -2.31. The number of likely N-dealkylation sites (N-methyl/N-ethyl adjacent to an activating group) is 1. The first kappa shape index (κ1) is 27.4. The smallest absolute Gasteiger partial charge is 0.240 e. The molecule has 1 aromatic carbocycles. The van der Waals surface area contributed by atoms with E-state index in [1.165, 1.54) is 0 Å². The summed E-state index contributed by atoms with van der Waals surface area (Å²) in [5.74, 6) is 1.41. The Balaban J connectivity index is 1.39. The first-order chi connectivity index (χ1) is 19.6. The number of aromatic nitrogens is 4. The molecule has 0 radical (unpaired) electrons. The number of nitrogens with zero attached hydrogens (tertiary/aromatic N) is 6. The Bertz CT molecular complexity index is 1260. The molecule has 2 atom stereocenters. The topological polar surface area (TPSA) is 87.0 Å². The van der Waals surface area contributed by atoms with Crippen molar-refractivity contribution in [3.8, 4) is 23.0 Å². The van der Waals surface area contributed by atoms with Crippen molar-refractivity contribution in [2.24, 2.45) is 0 Å². The monoisotopic (exact) mass is 568 g/mol. The summed E-state index contributed by atoms with van der Waals surface area (Å²) in [6, 6.07) is 12.1. The van der Waals surface area contributed by atoms with Gasteiger partial charge in [-0.1, -0.05) is 41.9 Å². The van der Waals surface area contributed by atoms with Gasteiger partial charge in [-0.05, 0) is 51.8 Å². The lowest BCUT2D eigenvalue weighted by molar-refractivity contribution is -0.169. The maximum Gasteiger partial charge on any atom is 0.240 e. The van der Waals surface area contributed by atoms with Gasteiger partial charge in [0.15, 0.2) is 12.1 Å². The molecule has 2 unspecified atom stereocenters. The van der Waals surface area contributed by atoms with Crippen molar-refractivity contribution in [3.63, 3.8) is 0 Å². The Kier molecular flexibility index (Phi) is 8.79. The molecule has 11 heteroatoms. The Morgan fingerprint density at radius 3 is 2.62 bits per heavy atom. The summed E-state index contributed by atoms with van der Waals surface area (Å²) in [5.41, 5.74) is 2.63. The van der Waals surface area contributed by atoms with Gasteiger partial charge in [0.05, 0.1) is 31.2 Å². The van der Waals surface area contributed by atoms with Crippen LogP contribution < -0.4 is 9.64 Å². The summed E-state index contributed by atoms with van der Waals surface area (Å²) in [7, 11) is 2.11. The zero-order chi connectivity index (χ0) is 27.3. The molecule has 0 aliphatic carbocycles. The number of halogens is 1. The van der Waals surface area contributed by atoms with Crippen LogP contribution in [-0.4, -0.2) is 90.1 Å². The lowest BCUT2D eigenvalue weighted by atomic mass is 10.1. The van der Waals surface area contributed by atoms with E-state index in [1.807, 2.05) is 36.4 Å². The molecule has 5 heterocycles. The van der Waals surface area contributed by atoms with Crippen molar-refractivity contribution in [2.75, 3.05) is 57.9 Å². The van der Waals surface area contributed by atoms with Crippen LogP contribution in [0.4, 0.5) is 5.95 Å². The second kappa shape index (κ2) is 12.8. The zero-order valence-corrected chi connectivity index (χ0v) is 23.8. The molecule has 3 aliphatic rings. The van der Waals surface area contributed by atoms with Crippen LogP contribution in [0, 0.1) is 0 Å². The van der Waals surface area contributed by atoms with Gasteiger partial charge in [-0.25, -0.2) is 4.68 Å². The van der Waals surface area contributed by atoms with Gasteiger partial charge in [0.2, 0.25) is 11.8 Å². The fraction of sp³-hybridized carbons (Fsp3) is 0.552. The van der Waals surface area contributed by atoms with Crippen LogP contribution in [0.5, 0.6) is 5.88 Å². The van der Waals surface area contributed by atoms with Gasteiger partial charge in [-0.2, -0.15) is 15.1 Å². The molecule has 2 aromatic heterocycles. The molecule has 0 saturated carbocycles. The minimum Gasteiger partial charge on any atom is -0.472 e. The summed E-state index contributed by atoms with van der Waals surface area (Å²) in [6.45, 7) is 5.52. The SMILES string of the molecule is CN1CCCC(Oc2nc(N3CCOCC3)nc(-n3nc(-c4ccccc4)cc3COC3CCCCO3)c2Cl)C1. The number of hydrogen-bond acceptors (Lipinski definition) is 9. The van der Waals surface area contributed by atoms with E-state index >= 15 is 0 Å². The van der Waals surface area contributed by atoms with Crippen LogP contribution >= 0.6 is 11.6 Å². The second-order valence-corrected chi connectivity index (χ2v) is 11.0. The quantitative estimate of drug-likeness (QED) is 0.394. The molecule has 3 fully saturated rings. The largest absolute Gasteiger partial charge is 0.472 e. The van der Waals surface area contributed by atoms with E-state index in [9.17, 15) is 0 Å². The third kappa shape index (κ3) is 6.42. The Morgan fingerprint density at radius 2 is 1.85 bits per heavy atom. The number of benzene rings is 1. The van der Waals surface area contributed by atoms with Gasteiger partial charge in [-0.15, -0.1) is 0 Å². The lowest BCUT2D eigenvalue weighted by Crippen LogP contribution is -2.39. The first-order valence-corrected chi connectivity index (χ1v) is 14.7. The molecule has 10 nitrogen and oxygen atoms in total. The highest BCUT2D eigenvalue weighted by Gasteiger charge is 2.27. The van der Waals surface area contributed by atoms with E-state index < -0.39 is 0 Å². The molecule has 3 aromatic rings. The van der Waals surface area contributed by atoms with Crippen LogP contribution in [0.2, 0.25) is 5.02 Å². The summed E-state index contributed by atoms with van der Waals surface area (Å²) < 4.78 is 25.8. The van der Waals surface area contributed by atoms with E-state index in [0.717, 1.165) is 68.8 Å². The number of ether oxygens (including phenoxy) is 4. The summed E-state index contributed by atoms with van der Waals surface area (Å²) in [5, 5.41) is 5.31. The molecule has 214 valence electrons. The van der Waals surface area contributed by atoms with Gasteiger partial charge < -0.3 is 28.7 Å². The van der Waals surface area contributed by atoms with E-state index in [2.05, 4.69) is 16.8 Å². The third-order valence-electron chi connectivity index (χ3n) is 7.55. The predicted octanol–water partition coefficient (Wildman–Crippen LogP) is 4.34. The summed E-state index contributed by atoms with van der Waals surface area (Å²) >= 11 is 7.05. The normalized spacial score (nSPS) is 22.4. The van der Waals surface area contributed by atoms with E-state index in [4.69, 9.17) is 45.6 Å². The number of morpholine rings is 1. The molecule has 3 aliphatic heterocycles. The number of hydrogen-bond donors (Lipinski definition) is 0. The molecular formula is C29H37ClN6O4. The van der Waals surface area contributed by atoms with Crippen molar-refractivity contribution < 1.29 is 18.9 Å². The summed E-state index contributed by atoms with van der Waals surface area (Å²) in [4.78, 5) is 14.1. The first-order valence-electron chi connectivity index (χ1n) is 14.3. The molecule has 3 saturated heterocycles. The fourth-order valence-electron chi connectivity index (χ4n) is 5.38. The number of rotatable bonds is 8. The Hall–Kier alpha value is -2.76. The van der Waals surface area contributed by atoms with Crippen molar-refractivity contribution in [2.45, 2.75) is 51.1 Å². The predicted molar refractivity (Wildman–Crippen MR) is 152 cm³/mol. The van der Waals surface area contributed by atoms with Crippen LogP contribution in [0.1, 0.15) is 37.8 Å². The highest BCUT2D eigenvalue weighted by atomic mass is 35.5. The maximum atomic E-state index is 7.05. The Labute approximate surface area is 240 Å². The molecule has 0 spiro atoms. The molecular weight excluding hydrogens is 532 g/mol. The highest BCUT2D eigenvalue weighted by molar-refractivity contribution is 6.33. The molecule has 40 heavy (non-hydrogen) atoms. The van der Waals surface area contributed by atoms with E-state index in [1.54, 1.807) is 4.68 Å². The van der Waals surface area contributed by atoms with Crippen LogP contribution in [0.3, 0.4) is 0 Å². The average Bonchev–Trinajstić information content (AvgIpc) is 3.43. The van der Waals surface area contributed by atoms with Crippen molar-refractivity contribution in [3.05, 3.63) is 47.1 Å². The zero-order valence-electron chi connectivity index (χ0n) is 23.0. The minimum absolute atomic E-state index is 0.000273.